The van der Waals surface area contributed by atoms with Gasteiger partial charge >= 0.3 is 0 Å². The second-order valence-corrected chi connectivity index (χ2v) is 5.70. The van der Waals surface area contributed by atoms with Crippen LogP contribution >= 0.6 is 0 Å². The second-order valence-electron chi connectivity index (χ2n) is 5.70. The van der Waals surface area contributed by atoms with E-state index >= 15 is 0 Å². The first-order valence-electron chi connectivity index (χ1n) is 5.86. The average molecular weight is 176 g/mol. The molecular formula is C12H16O. The Hall–Kier alpha value is -0.330. The predicted molar refractivity (Wildman–Crippen MR) is 49.1 cm³/mol. The van der Waals surface area contributed by atoms with Crippen LogP contribution in [0.2, 0.25) is 0 Å². The van der Waals surface area contributed by atoms with Crippen molar-refractivity contribution >= 4 is 5.78 Å². The molecule has 0 aromatic rings. The minimum Gasteiger partial charge on any atom is -0.299 e. The first kappa shape index (κ1) is 7.03. The van der Waals surface area contributed by atoms with E-state index in [4.69, 9.17) is 0 Å². The molecule has 0 radical (unpaired) electrons. The molecule has 4 rings (SSSR count). The Morgan fingerprint density at radius 2 is 1.69 bits per heavy atom. The molecule has 0 aromatic heterocycles. The van der Waals surface area contributed by atoms with Crippen molar-refractivity contribution in [2.75, 3.05) is 0 Å². The Bertz CT molecular complexity index is 293. The van der Waals surface area contributed by atoms with Crippen LogP contribution in [-0.4, -0.2) is 5.78 Å². The number of carbonyl (C=O) groups excluding carboxylic acids is 1. The smallest absolute Gasteiger partial charge is 0.136 e. The van der Waals surface area contributed by atoms with Gasteiger partial charge in [-0.3, -0.25) is 4.79 Å². The van der Waals surface area contributed by atoms with Crippen LogP contribution in [0.1, 0.15) is 38.5 Å². The molecule has 5 atom stereocenters. The maximum absolute atomic E-state index is 11.8. The molecule has 1 heteroatoms. The van der Waals surface area contributed by atoms with Crippen LogP contribution in [0.5, 0.6) is 0 Å². The molecule has 0 saturated heterocycles. The normalized spacial score (nSPS) is 62.0. The third kappa shape index (κ3) is 0.523. The molecule has 0 heterocycles. The molecule has 13 heavy (non-hydrogen) atoms. The maximum atomic E-state index is 11.8. The Kier molecular flexibility index (Phi) is 1.01. The fraction of sp³-hybridized carbons (Fsp3) is 0.917. The SMILES string of the molecule is O=C1CC2CCC3CCC4CC1C324. The van der Waals surface area contributed by atoms with Crippen LogP contribution < -0.4 is 0 Å². The van der Waals surface area contributed by atoms with Gasteiger partial charge < -0.3 is 0 Å². The molecule has 4 aliphatic carbocycles. The zero-order valence-electron chi connectivity index (χ0n) is 7.96. The molecule has 0 aromatic carbocycles. The van der Waals surface area contributed by atoms with E-state index in [9.17, 15) is 4.79 Å². The van der Waals surface area contributed by atoms with Gasteiger partial charge in [-0.2, -0.15) is 0 Å². The van der Waals surface area contributed by atoms with E-state index in [-0.39, 0.29) is 0 Å². The molecule has 4 aliphatic rings. The van der Waals surface area contributed by atoms with Crippen molar-refractivity contribution in [1.82, 2.24) is 0 Å². The summed E-state index contributed by atoms with van der Waals surface area (Å²) >= 11 is 0. The summed E-state index contributed by atoms with van der Waals surface area (Å²) in [5.74, 6) is 3.94. The number of ketones is 1. The summed E-state index contributed by atoms with van der Waals surface area (Å²) in [7, 11) is 0. The fourth-order valence-electron chi connectivity index (χ4n) is 5.53. The molecule has 1 nitrogen and oxygen atoms in total. The lowest BCUT2D eigenvalue weighted by atomic mass is 9.52. The van der Waals surface area contributed by atoms with Crippen molar-refractivity contribution in [3.8, 4) is 0 Å². The highest BCUT2D eigenvalue weighted by molar-refractivity contribution is 5.86. The number of rotatable bonds is 0. The zero-order valence-corrected chi connectivity index (χ0v) is 7.96. The molecule has 0 N–H and O–H groups in total. The minimum absolute atomic E-state index is 0.539. The van der Waals surface area contributed by atoms with Gasteiger partial charge in [0.15, 0.2) is 0 Å². The molecule has 4 fully saturated rings. The largest absolute Gasteiger partial charge is 0.299 e. The van der Waals surface area contributed by atoms with E-state index in [2.05, 4.69) is 0 Å². The molecule has 1 spiro atoms. The average Bonchev–Trinajstić information content (AvgIpc) is 2.59. The lowest BCUT2D eigenvalue weighted by Crippen LogP contribution is -2.48. The van der Waals surface area contributed by atoms with Crippen molar-refractivity contribution in [3.05, 3.63) is 0 Å². The Labute approximate surface area is 78.9 Å². The van der Waals surface area contributed by atoms with E-state index in [1.165, 1.54) is 32.1 Å². The molecule has 0 bridgehead atoms. The van der Waals surface area contributed by atoms with E-state index in [0.29, 0.717) is 17.1 Å². The molecular weight excluding hydrogens is 160 g/mol. The number of hydrogen-bond donors (Lipinski definition) is 0. The Morgan fingerprint density at radius 1 is 1.00 bits per heavy atom. The summed E-state index contributed by atoms with van der Waals surface area (Å²) in [5, 5.41) is 0. The monoisotopic (exact) mass is 176 g/mol. The molecule has 70 valence electrons. The Morgan fingerprint density at radius 3 is 2.54 bits per heavy atom. The fourth-order valence-corrected chi connectivity index (χ4v) is 5.53. The number of Topliss-reactive ketones (excluding diaryl/α,β-unsaturated/α-hetero) is 1. The zero-order chi connectivity index (χ0) is 8.63. The van der Waals surface area contributed by atoms with Gasteiger partial charge in [-0.25, -0.2) is 0 Å². The Balaban J connectivity index is 1.88. The van der Waals surface area contributed by atoms with Gasteiger partial charge in [0.1, 0.15) is 5.78 Å². The van der Waals surface area contributed by atoms with Crippen LogP contribution in [0.15, 0.2) is 0 Å². The number of carbonyl (C=O) groups is 1. The van der Waals surface area contributed by atoms with E-state index in [1.54, 1.807) is 0 Å². The van der Waals surface area contributed by atoms with Gasteiger partial charge in [-0.1, -0.05) is 0 Å². The van der Waals surface area contributed by atoms with Gasteiger partial charge in [-0.05, 0) is 55.3 Å². The van der Waals surface area contributed by atoms with Gasteiger partial charge in [-0.15, -0.1) is 0 Å². The van der Waals surface area contributed by atoms with E-state index in [1.807, 2.05) is 0 Å². The third-order valence-corrected chi connectivity index (χ3v) is 5.81. The van der Waals surface area contributed by atoms with Crippen molar-refractivity contribution < 1.29 is 4.79 Å². The minimum atomic E-state index is 0.539. The van der Waals surface area contributed by atoms with E-state index < -0.39 is 0 Å². The quantitative estimate of drug-likeness (QED) is 0.554. The molecule has 0 aliphatic heterocycles. The van der Waals surface area contributed by atoms with Crippen LogP contribution in [0.25, 0.3) is 0 Å². The lowest BCUT2D eigenvalue weighted by molar-refractivity contribution is -0.131. The predicted octanol–water partition coefficient (Wildman–Crippen LogP) is 2.40. The van der Waals surface area contributed by atoms with Gasteiger partial charge in [0.25, 0.3) is 0 Å². The van der Waals surface area contributed by atoms with E-state index in [0.717, 1.165) is 24.2 Å². The maximum Gasteiger partial charge on any atom is 0.136 e. The third-order valence-electron chi connectivity index (χ3n) is 5.81. The van der Waals surface area contributed by atoms with Crippen LogP contribution in [-0.2, 0) is 4.79 Å². The van der Waals surface area contributed by atoms with Gasteiger partial charge in [0.05, 0.1) is 0 Å². The topological polar surface area (TPSA) is 17.1 Å². The molecule has 5 unspecified atom stereocenters. The summed E-state index contributed by atoms with van der Waals surface area (Å²) in [6.45, 7) is 0. The van der Waals surface area contributed by atoms with Crippen molar-refractivity contribution in [1.29, 1.82) is 0 Å². The molecule has 4 saturated carbocycles. The van der Waals surface area contributed by atoms with Crippen molar-refractivity contribution in [3.63, 3.8) is 0 Å². The highest BCUT2D eigenvalue weighted by Crippen LogP contribution is 2.76. The van der Waals surface area contributed by atoms with Crippen LogP contribution in [0.4, 0.5) is 0 Å². The summed E-state index contributed by atoms with van der Waals surface area (Å²) < 4.78 is 0. The van der Waals surface area contributed by atoms with Crippen molar-refractivity contribution in [2.45, 2.75) is 38.5 Å². The second kappa shape index (κ2) is 1.87. The summed E-state index contributed by atoms with van der Waals surface area (Å²) in [6.07, 6.45) is 7.95. The van der Waals surface area contributed by atoms with Crippen molar-refractivity contribution in [2.24, 2.45) is 29.1 Å². The molecule has 0 amide bonds. The number of hydrogen-bond acceptors (Lipinski definition) is 1. The first-order chi connectivity index (χ1) is 6.33. The standard InChI is InChI=1S/C12H16O/c13-11-6-9-4-2-7-1-3-8-5-10(11)12(7,8)9/h7-10H,1-6H2. The highest BCUT2D eigenvalue weighted by Gasteiger charge is 2.72. The van der Waals surface area contributed by atoms with Gasteiger partial charge in [0, 0.05) is 12.3 Å². The summed E-state index contributed by atoms with van der Waals surface area (Å²) in [5.41, 5.74) is 0.594. The lowest BCUT2D eigenvalue weighted by Gasteiger charge is -2.51. The summed E-state index contributed by atoms with van der Waals surface area (Å²) in [6, 6.07) is 0. The first-order valence-corrected chi connectivity index (χ1v) is 5.86. The highest BCUT2D eigenvalue weighted by atomic mass is 16.1. The van der Waals surface area contributed by atoms with Crippen LogP contribution in [0.3, 0.4) is 0 Å². The van der Waals surface area contributed by atoms with Gasteiger partial charge in [0.2, 0.25) is 0 Å². The van der Waals surface area contributed by atoms with Crippen LogP contribution in [0, 0.1) is 29.1 Å². The summed E-state index contributed by atoms with van der Waals surface area (Å²) in [4.78, 5) is 11.8.